The molecule has 2 saturated heterocycles. The molecule has 2 aliphatic rings. The van der Waals surface area contributed by atoms with Gasteiger partial charge in [0.2, 0.25) is 5.91 Å². The molecule has 1 atom stereocenters. The average Bonchev–Trinajstić information content (AvgIpc) is 3.45. The minimum Gasteiger partial charge on any atom is -0.495 e. The largest absolute Gasteiger partial charge is 0.495 e. The van der Waals surface area contributed by atoms with Crippen molar-refractivity contribution in [2.24, 2.45) is 5.41 Å². The number of nitrogens with one attached hydrogen (secondary N) is 2. The second kappa shape index (κ2) is 12.0. The van der Waals surface area contributed by atoms with E-state index in [4.69, 9.17) is 21.1 Å². The van der Waals surface area contributed by atoms with Crippen LogP contribution in [0.3, 0.4) is 0 Å². The van der Waals surface area contributed by atoms with E-state index < -0.39 is 5.41 Å². The summed E-state index contributed by atoms with van der Waals surface area (Å²) in [4.78, 5) is 30.6. The molecule has 2 amide bonds. The van der Waals surface area contributed by atoms with Crippen LogP contribution in [0.5, 0.6) is 5.75 Å². The fraction of sp³-hybridized carbons (Fsp3) is 0.500. The summed E-state index contributed by atoms with van der Waals surface area (Å²) in [6, 6.07) is 13.5. The average molecular weight is 529 g/mol. The Labute approximate surface area is 224 Å². The monoisotopic (exact) mass is 528 g/mol. The van der Waals surface area contributed by atoms with Crippen LogP contribution in [-0.4, -0.2) is 70.2 Å². The van der Waals surface area contributed by atoms with Crippen molar-refractivity contribution < 1.29 is 19.1 Å². The summed E-state index contributed by atoms with van der Waals surface area (Å²) in [5.74, 6) is 0.684. The van der Waals surface area contributed by atoms with Gasteiger partial charge in [-0.3, -0.25) is 9.59 Å². The third-order valence-corrected chi connectivity index (χ3v) is 7.68. The number of para-hydroxylation sites is 2. The molecule has 2 aromatic carbocycles. The standard InChI is InChI=1S/C28H37ClN4O4/c1-28(2,19-29)27(35)31-20-10-11-23(22(17-20)26(34)30-18-21-7-6-16-37-21)32-12-14-33(15-13-32)24-8-4-5-9-25(24)36-3/h4-5,8-11,17,21H,6-7,12-16,18-19H2,1-3H3,(H,30,34)(H,31,35). The lowest BCUT2D eigenvalue weighted by Crippen LogP contribution is -2.47. The second-order valence-corrected chi connectivity index (χ2v) is 10.5. The molecule has 0 saturated carbocycles. The van der Waals surface area contributed by atoms with E-state index in [9.17, 15) is 9.59 Å². The van der Waals surface area contributed by atoms with Crippen LogP contribution in [0, 0.1) is 5.41 Å². The molecule has 1 unspecified atom stereocenters. The maximum Gasteiger partial charge on any atom is 0.253 e. The van der Waals surface area contributed by atoms with E-state index in [1.807, 2.05) is 30.3 Å². The zero-order valence-corrected chi connectivity index (χ0v) is 22.6. The maximum atomic E-state index is 13.4. The van der Waals surface area contributed by atoms with E-state index >= 15 is 0 Å². The third kappa shape index (κ3) is 6.48. The molecule has 2 aliphatic heterocycles. The van der Waals surface area contributed by atoms with Crippen LogP contribution in [0.2, 0.25) is 0 Å². The number of piperazine rings is 1. The summed E-state index contributed by atoms with van der Waals surface area (Å²) >= 11 is 5.99. The molecule has 0 spiro atoms. The molecule has 9 heteroatoms. The van der Waals surface area contributed by atoms with Crippen LogP contribution in [0.15, 0.2) is 42.5 Å². The minimum atomic E-state index is -0.725. The number of hydrogen-bond acceptors (Lipinski definition) is 6. The first-order valence-corrected chi connectivity index (χ1v) is 13.4. The number of hydrogen-bond donors (Lipinski definition) is 2. The minimum absolute atomic E-state index is 0.0456. The summed E-state index contributed by atoms with van der Waals surface area (Å²) in [5, 5.41) is 5.97. The van der Waals surface area contributed by atoms with Gasteiger partial charge >= 0.3 is 0 Å². The van der Waals surface area contributed by atoms with Gasteiger partial charge in [0.05, 0.1) is 29.9 Å². The van der Waals surface area contributed by atoms with Crippen molar-refractivity contribution in [3.8, 4) is 5.75 Å². The van der Waals surface area contributed by atoms with Crippen molar-refractivity contribution in [3.05, 3.63) is 48.0 Å². The van der Waals surface area contributed by atoms with E-state index in [0.29, 0.717) is 17.8 Å². The summed E-state index contributed by atoms with van der Waals surface area (Å²) in [7, 11) is 1.69. The predicted octanol–water partition coefficient (Wildman–Crippen LogP) is 4.13. The van der Waals surface area contributed by atoms with Gasteiger partial charge in [-0.2, -0.15) is 0 Å². The SMILES string of the molecule is COc1ccccc1N1CCN(c2ccc(NC(=O)C(C)(C)CCl)cc2C(=O)NCC2CCCO2)CC1. The fourth-order valence-corrected chi connectivity index (χ4v) is 4.74. The Bertz CT molecular complexity index is 1100. The molecule has 2 fully saturated rings. The Kier molecular flexibility index (Phi) is 8.82. The molecule has 0 aromatic heterocycles. The molecular weight excluding hydrogens is 492 g/mol. The number of carbonyl (C=O) groups is 2. The van der Waals surface area contributed by atoms with Crippen LogP contribution in [0.1, 0.15) is 37.0 Å². The number of rotatable bonds is 9. The maximum absolute atomic E-state index is 13.4. The fourth-order valence-electron chi connectivity index (χ4n) is 4.62. The van der Waals surface area contributed by atoms with Crippen molar-refractivity contribution in [1.29, 1.82) is 0 Å². The van der Waals surface area contributed by atoms with Crippen molar-refractivity contribution in [2.75, 3.05) is 67.4 Å². The Morgan fingerprint density at radius 3 is 2.43 bits per heavy atom. The number of halogens is 1. The summed E-state index contributed by atoms with van der Waals surface area (Å²) in [6.07, 6.45) is 2.01. The van der Waals surface area contributed by atoms with Crippen LogP contribution in [0.25, 0.3) is 0 Å². The highest BCUT2D eigenvalue weighted by Gasteiger charge is 2.28. The Hall–Kier alpha value is -2.97. The highest BCUT2D eigenvalue weighted by atomic mass is 35.5. The molecular formula is C28H37ClN4O4. The van der Waals surface area contributed by atoms with E-state index in [1.165, 1.54) is 0 Å². The number of methoxy groups -OCH3 is 1. The molecule has 2 heterocycles. The van der Waals surface area contributed by atoms with Gasteiger partial charge < -0.3 is 29.9 Å². The van der Waals surface area contributed by atoms with Gasteiger partial charge in [-0.05, 0) is 57.0 Å². The van der Waals surface area contributed by atoms with Crippen molar-refractivity contribution in [1.82, 2.24) is 5.32 Å². The molecule has 8 nitrogen and oxygen atoms in total. The number of amides is 2. The van der Waals surface area contributed by atoms with E-state index in [1.54, 1.807) is 27.0 Å². The quantitative estimate of drug-likeness (QED) is 0.476. The lowest BCUT2D eigenvalue weighted by Gasteiger charge is -2.38. The van der Waals surface area contributed by atoms with Crippen molar-refractivity contribution in [3.63, 3.8) is 0 Å². The first kappa shape index (κ1) is 27.1. The van der Waals surface area contributed by atoms with E-state index in [0.717, 1.165) is 62.8 Å². The zero-order chi connectivity index (χ0) is 26.4. The van der Waals surface area contributed by atoms with Gasteiger partial charge in [0.1, 0.15) is 5.75 Å². The van der Waals surface area contributed by atoms with Gasteiger partial charge in [-0.25, -0.2) is 0 Å². The molecule has 4 rings (SSSR count). The number of carbonyl (C=O) groups excluding carboxylic acids is 2. The zero-order valence-electron chi connectivity index (χ0n) is 21.9. The lowest BCUT2D eigenvalue weighted by molar-refractivity contribution is -0.122. The van der Waals surface area contributed by atoms with Gasteiger partial charge in [-0.15, -0.1) is 11.6 Å². The van der Waals surface area contributed by atoms with E-state index in [-0.39, 0.29) is 23.8 Å². The first-order valence-electron chi connectivity index (χ1n) is 12.9. The van der Waals surface area contributed by atoms with E-state index in [2.05, 4.69) is 26.5 Å². The highest BCUT2D eigenvalue weighted by molar-refractivity contribution is 6.20. The smallest absolute Gasteiger partial charge is 0.253 e. The van der Waals surface area contributed by atoms with Crippen LogP contribution < -0.4 is 25.2 Å². The summed E-state index contributed by atoms with van der Waals surface area (Å²) < 4.78 is 11.2. The lowest BCUT2D eigenvalue weighted by atomic mass is 9.95. The van der Waals surface area contributed by atoms with Crippen LogP contribution in [0.4, 0.5) is 17.1 Å². The molecule has 37 heavy (non-hydrogen) atoms. The molecule has 0 bridgehead atoms. The number of benzene rings is 2. The number of alkyl halides is 1. The number of nitrogens with zero attached hydrogens (tertiary/aromatic N) is 2. The highest BCUT2D eigenvalue weighted by Crippen LogP contribution is 2.31. The van der Waals surface area contributed by atoms with Gasteiger partial charge in [0, 0.05) is 56.6 Å². The molecule has 2 aromatic rings. The second-order valence-electron chi connectivity index (χ2n) is 10.2. The Balaban J connectivity index is 1.53. The van der Waals surface area contributed by atoms with Crippen LogP contribution >= 0.6 is 11.6 Å². The van der Waals surface area contributed by atoms with Gasteiger partial charge in [0.15, 0.2) is 0 Å². The third-order valence-electron chi connectivity index (χ3n) is 7.01. The Morgan fingerprint density at radius 1 is 1.08 bits per heavy atom. The Morgan fingerprint density at radius 2 is 1.78 bits per heavy atom. The van der Waals surface area contributed by atoms with Gasteiger partial charge in [0.25, 0.3) is 5.91 Å². The number of anilines is 3. The molecule has 0 aliphatic carbocycles. The van der Waals surface area contributed by atoms with Crippen LogP contribution in [-0.2, 0) is 9.53 Å². The molecule has 2 N–H and O–H groups in total. The topological polar surface area (TPSA) is 83.1 Å². The molecule has 200 valence electrons. The summed E-state index contributed by atoms with van der Waals surface area (Å²) in [5.41, 5.74) is 2.29. The van der Waals surface area contributed by atoms with Gasteiger partial charge in [-0.1, -0.05) is 12.1 Å². The number of ether oxygens (including phenoxy) is 2. The molecule has 0 radical (unpaired) electrons. The van der Waals surface area contributed by atoms with Crippen molar-refractivity contribution >= 4 is 40.5 Å². The summed E-state index contributed by atoms with van der Waals surface area (Å²) in [6.45, 7) is 7.86. The normalized spacial score (nSPS) is 18.0. The van der Waals surface area contributed by atoms with Crippen molar-refractivity contribution in [2.45, 2.75) is 32.8 Å². The predicted molar refractivity (Wildman–Crippen MR) is 148 cm³/mol. The first-order chi connectivity index (χ1) is 17.8.